The summed E-state index contributed by atoms with van der Waals surface area (Å²) in [6.07, 6.45) is 6.21. The van der Waals surface area contributed by atoms with E-state index in [-0.39, 0.29) is 0 Å². The number of Topliss-reactive ketones (excluding diaryl/α,β-unsaturated/α-hetero) is 1. The van der Waals surface area contributed by atoms with Crippen molar-refractivity contribution in [2.45, 2.75) is 56.0 Å². The third-order valence-corrected chi connectivity index (χ3v) is 6.57. The molecule has 0 atom stereocenters. The summed E-state index contributed by atoms with van der Waals surface area (Å²) in [7, 11) is 0. The van der Waals surface area contributed by atoms with Crippen molar-refractivity contribution in [2.24, 2.45) is 5.92 Å². The highest BCUT2D eigenvalue weighted by molar-refractivity contribution is 7.99. The number of carbonyl (C=O) groups is 1. The Morgan fingerprint density at radius 1 is 1.14 bits per heavy atom. The fraction of sp³-hybridized carbons (Fsp3) is 0.381. The maximum Gasteiger partial charge on any atom is 0.233 e. The van der Waals surface area contributed by atoms with E-state index in [1.807, 2.05) is 37.4 Å². The molecule has 1 N–H and O–H groups in total. The lowest BCUT2D eigenvalue weighted by Gasteiger charge is -2.07. The molecule has 0 radical (unpaired) electrons. The van der Waals surface area contributed by atoms with Crippen LogP contribution in [0, 0.1) is 5.92 Å². The molecule has 1 saturated carbocycles. The number of aryl methyl sites for hydroxylation is 2. The van der Waals surface area contributed by atoms with Gasteiger partial charge >= 0.3 is 0 Å². The summed E-state index contributed by atoms with van der Waals surface area (Å²) < 4.78 is 0. The van der Waals surface area contributed by atoms with Gasteiger partial charge in [-0.25, -0.2) is 9.97 Å². The van der Waals surface area contributed by atoms with Crippen LogP contribution < -0.4 is 5.32 Å². The molecule has 0 amide bonds. The summed E-state index contributed by atoms with van der Waals surface area (Å²) in [6.45, 7) is 4.13. The van der Waals surface area contributed by atoms with Crippen molar-refractivity contribution >= 4 is 40.0 Å². The Bertz CT molecular complexity index is 999. The fourth-order valence-electron chi connectivity index (χ4n) is 2.81. The van der Waals surface area contributed by atoms with Crippen molar-refractivity contribution in [3.63, 3.8) is 0 Å². The molecular weight excluding hydrogens is 402 g/mol. The molecule has 6 nitrogen and oxygen atoms in total. The largest absolute Gasteiger partial charge is 0.300 e. The molecular formula is C21H23N5OS2. The molecule has 0 unspecified atom stereocenters. The first kappa shape index (κ1) is 20.0. The molecule has 3 aromatic rings. The number of thiazole rings is 1. The molecule has 1 aliphatic rings. The van der Waals surface area contributed by atoms with Crippen LogP contribution in [-0.4, -0.2) is 25.7 Å². The minimum atomic E-state index is 0.305. The van der Waals surface area contributed by atoms with Gasteiger partial charge in [0.2, 0.25) is 5.95 Å². The number of rotatable bonds is 9. The Kier molecular flexibility index (Phi) is 6.20. The van der Waals surface area contributed by atoms with Crippen LogP contribution in [0.4, 0.5) is 11.1 Å². The lowest BCUT2D eigenvalue weighted by Crippen LogP contribution is -2.04. The number of hydrogen-bond acceptors (Lipinski definition) is 8. The predicted octanol–water partition coefficient (Wildman–Crippen LogP) is 4.87. The topological polar surface area (TPSA) is 80.7 Å². The Balaban J connectivity index is 1.46. The van der Waals surface area contributed by atoms with Gasteiger partial charge in [0.1, 0.15) is 11.6 Å². The number of nitrogens with one attached hydrogen (secondary N) is 1. The average molecular weight is 426 g/mol. The van der Waals surface area contributed by atoms with E-state index in [0.717, 1.165) is 47.1 Å². The minimum Gasteiger partial charge on any atom is -0.300 e. The highest BCUT2D eigenvalue weighted by Gasteiger charge is 2.28. The molecule has 1 fully saturated rings. The molecule has 4 rings (SSSR count). The minimum absolute atomic E-state index is 0.305. The molecule has 1 aromatic carbocycles. The number of anilines is 2. The van der Waals surface area contributed by atoms with Crippen molar-refractivity contribution in [1.82, 2.24) is 19.9 Å². The van der Waals surface area contributed by atoms with E-state index in [4.69, 9.17) is 0 Å². The smallest absolute Gasteiger partial charge is 0.233 e. The number of ketones is 1. The maximum atomic E-state index is 12.0. The van der Waals surface area contributed by atoms with Gasteiger partial charge in [0.15, 0.2) is 10.3 Å². The van der Waals surface area contributed by atoms with Crippen LogP contribution in [0.5, 0.6) is 0 Å². The second kappa shape index (κ2) is 9.00. The van der Waals surface area contributed by atoms with Gasteiger partial charge in [-0.15, -0.1) is 11.3 Å². The Hall–Kier alpha value is -2.32. The average Bonchev–Trinajstić information content (AvgIpc) is 3.49. The van der Waals surface area contributed by atoms with Gasteiger partial charge < -0.3 is 0 Å². The quantitative estimate of drug-likeness (QED) is 0.524. The lowest BCUT2D eigenvalue weighted by molar-refractivity contribution is -0.119. The van der Waals surface area contributed by atoms with Crippen molar-refractivity contribution in [2.75, 3.05) is 5.32 Å². The van der Waals surface area contributed by atoms with Gasteiger partial charge in [-0.1, -0.05) is 26.0 Å². The van der Waals surface area contributed by atoms with E-state index in [0.29, 0.717) is 29.2 Å². The van der Waals surface area contributed by atoms with E-state index in [1.54, 1.807) is 11.3 Å². The molecule has 0 spiro atoms. The highest BCUT2D eigenvalue weighted by Crippen LogP contribution is 2.31. The van der Waals surface area contributed by atoms with Crippen LogP contribution in [0.15, 0.2) is 40.5 Å². The monoisotopic (exact) mass is 425 g/mol. The van der Waals surface area contributed by atoms with E-state index in [2.05, 4.69) is 32.2 Å². The Labute approximate surface area is 178 Å². The fourth-order valence-corrected chi connectivity index (χ4v) is 4.33. The van der Waals surface area contributed by atoms with E-state index < -0.39 is 0 Å². The van der Waals surface area contributed by atoms with Crippen molar-refractivity contribution in [3.05, 3.63) is 46.7 Å². The molecule has 0 saturated heterocycles. The Morgan fingerprint density at radius 2 is 1.93 bits per heavy atom. The second-order valence-corrected chi connectivity index (χ2v) is 9.14. The van der Waals surface area contributed by atoms with Gasteiger partial charge in [0, 0.05) is 34.7 Å². The van der Waals surface area contributed by atoms with Gasteiger partial charge in [-0.3, -0.25) is 10.1 Å². The number of carbonyl (C=O) groups excluding carboxylic acids is 1. The zero-order valence-corrected chi connectivity index (χ0v) is 18.1. The van der Waals surface area contributed by atoms with Crippen LogP contribution in [0.3, 0.4) is 0 Å². The first-order valence-electron chi connectivity index (χ1n) is 9.89. The van der Waals surface area contributed by atoms with Gasteiger partial charge in [0.05, 0.1) is 0 Å². The zero-order chi connectivity index (χ0) is 20.2. The number of nitrogens with zero attached hydrogens (tertiary/aromatic N) is 4. The van der Waals surface area contributed by atoms with Gasteiger partial charge in [0.25, 0.3) is 0 Å². The van der Waals surface area contributed by atoms with Gasteiger partial charge in [-0.2, -0.15) is 9.97 Å². The van der Waals surface area contributed by atoms with Crippen LogP contribution in [0.1, 0.15) is 43.0 Å². The summed E-state index contributed by atoms with van der Waals surface area (Å²) in [5, 5.41) is 4.64. The summed E-state index contributed by atoms with van der Waals surface area (Å²) in [4.78, 5) is 32.2. The summed E-state index contributed by atoms with van der Waals surface area (Å²) in [5.41, 5.74) is 1.06. The Morgan fingerprint density at radius 3 is 2.59 bits per heavy atom. The summed E-state index contributed by atoms with van der Waals surface area (Å²) in [6, 6.07) is 8.09. The second-order valence-electron chi connectivity index (χ2n) is 6.99. The molecule has 0 aliphatic heterocycles. The zero-order valence-electron chi connectivity index (χ0n) is 16.5. The van der Waals surface area contributed by atoms with Crippen LogP contribution in [0.25, 0.3) is 0 Å². The number of benzene rings is 1. The molecule has 2 aromatic heterocycles. The van der Waals surface area contributed by atoms with Gasteiger partial charge in [-0.05, 0) is 48.7 Å². The number of aromatic nitrogens is 4. The third kappa shape index (κ3) is 5.39. The molecule has 150 valence electrons. The highest BCUT2D eigenvalue weighted by atomic mass is 32.2. The summed E-state index contributed by atoms with van der Waals surface area (Å²) >= 11 is 3.10. The maximum absolute atomic E-state index is 12.0. The van der Waals surface area contributed by atoms with Crippen molar-refractivity contribution < 1.29 is 4.79 Å². The molecule has 8 heteroatoms. The normalized spacial score (nSPS) is 13.4. The van der Waals surface area contributed by atoms with Crippen LogP contribution >= 0.6 is 23.1 Å². The van der Waals surface area contributed by atoms with E-state index in [9.17, 15) is 4.79 Å². The van der Waals surface area contributed by atoms with Crippen molar-refractivity contribution in [3.8, 4) is 0 Å². The predicted molar refractivity (Wildman–Crippen MR) is 116 cm³/mol. The van der Waals surface area contributed by atoms with Crippen LogP contribution in [0.2, 0.25) is 0 Å². The molecule has 29 heavy (non-hydrogen) atoms. The first-order valence-corrected chi connectivity index (χ1v) is 11.5. The lowest BCUT2D eigenvalue weighted by atomic mass is 10.1. The van der Waals surface area contributed by atoms with E-state index >= 15 is 0 Å². The summed E-state index contributed by atoms with van der Waals surface area (Å²) in [5.74, 6) is 1.92. The van der Waals surface area contributed by atoms with Crippen molar-refractivity contribution in [1.29, 1.82) is 0 Å². The first-order chi connectivity index (χ1) is 14.1. The molecule has 1 aliphatic carbocycles. The molecule has 0 bridgehead atoms. The number of hydrogen-bond donors (Lipinski definition) is 1. The third-order valence-electron chi connectivity index (χ3n) is 4.64. The van der Waals surface area contributed by atoms with E-state index in [1.165, 1.54) is 16.6 Å². The standard InChI is InChI=1S/C21H23N5OS2/c1-3-15-12-22-20(28-15)25-19-23-18(4-2)24-21(26-19)29-16-9-5-13(6-10-16)11-17(27)14-7-8-14/h5-6,9-10,12,14H,3-4,7-8,11H2,1-2H3,(H,22,23,24,25,26). The SMILES string of the molecule is CCc1nc(Nc2ncc(CC)s2)nc(Sc2ccc(CC(=O)C3CC3)cc2)n1. The van der Waals surface area contributed by atoms with Crippen LogP contribution in [-0.2, 0) is 24.1 Å². The molecule has 2 heterocycles.